The number of aromatic amines is 1. The zero-order valence-electron chi connectivity index (χ0n) is 9.48. The van der Waals surface area contributed by atoms with Gasteiger partial charge in [-0.2, -0.15) is 5.10 Å². The van der Waals surface area contributed by atoms with Crippen molar-refractivity contribution in [2.24, 2.45) is 0 Å². The molecule has 84 valence electrons. The highest BCUT2D eigenvalue weighted by atomic mass is 16.5. The van der Waals surface area contributed by atoms with E-state index >= 15 is 0 Å². The minimum absolute atomic E-state index is 0.465. The van der Waals surface area contributed by atoms with Gasteiger partial charge in [-0.15, -0.1) is 0 Å². The first-order chi connectivity index (χ1) is 6.74. The lowest BCUT2D eigenvalue weighted by molar-refractivity contribution is -0.0983. The Labute approximate surface area is 89.6 Å². The maximum absolute atomic E-state index is 9.83. The van der Waals surface area contributed by atoms with E-state index in [1.54, 1.807) is 33.8 Å². The van der Waals surface area contributed by atoms with Gasteiger partial charge < -0.3 is 14.8 Å². The van der Waals surface area contributed by atoms with Gasteiger partial charge in [-0.3, -0.25) is 5.10 Å². The van der Waals surface area contributed by atoms with Crippen LogP contribution in [0.25, 0.3) is 0 Å². The normalized spacial score (nSPS) is 12.9. The van der Waals surface area contributed by atoms with E-state index in [1.807, 2.05) is 0 Å². The van der Waals surface area contributed by atoms with Crippen molar-refractivity contribution in [3.05, 3.63) is 12.3 Å². The minimum Gasteiger partial charge on any atom is -0.422 e. The smallest absolute Gasteiger partial charge is 0.422 e. The van der Waals surface area contributed by atoms with E-state index in [0.717, 1.165) is 0 Å². The van der Waals surface area contributed by atoms with Gasteiger partial charge in [0.15, 0.2) is 0 Å². The zero-order chi connectivity index (χ0) is 11.7. The summed E-state index contributed by atoms with van der Waals surface area (Å²) < 4.78 is 5.38. The van der Waals surface area contributed by atoms with Crippen molar-refractivity contribution < 1.29 is 14.8 Å². The summed E-state index contributed by atoms with van der Waals surface area (Å²) in [6, 6.07) is 1.62. The van der Waals surface area contributed by atoms with Crippen LogP contribution in [-0.2, 0) is 4.65 Å². The van der Waals surface area contributed by atoms with Crippen LogP contribution in [0.1, 0.15) is 27.7 Å². The van der Waals surface area contributed by atoms with E-state index in [2.05, 4.69) is 10.2 Å². The highest BCUT2D eigenvalue weighted by Crippen LogP contribution is 2.25. The number of nitrogens with zero attached hydrogens (tertiary/aromatic N) is 1. The van der Waals surface area contributed by atoms with Crippen molar-refractivity contribution >= 4 is 12.7 Å². The molecule has 0 bridgehead atoms. The standard InChI is InChI=1S/C9H17BN2O3/c1-8(2,13)9(3,4)15-10(14)7-5-6-11-12-7/h5-6,13-14H,1-4H3,(H,11,12). The van der Waals surface area contributed by atoms with Crippen LogP contribution in [0.3, 0.4) is 0 Å². The fraction of sp³-hybridized carbons (Fsp3) is 0.667. The Morgan fingerprint density at radius 2 is 2.00 bits per heavy atom. The predicted octanol–water partition coefficient (Wildman–Crippen LogP) is -0.337. The second kappa shape index (κ2) is 3.96. The summed E-state index contributed by atoms with van der Waals surface area (Å²) in [4.78, 5) is 0. The molecule has 0 atom stereocenters. The van der Waals surface area contributed by atoms with E-state index in [4.69, 9.17) is 4.65 Å². The summed E-state index contributed by atoms with van der Waals surface area (Å²) >= 11 is 0. The molecule has 1 heterocycles. The lowest BCUT2D eigenvalue weighted by atomic mass is 9.80. The lowest BCUT2D eigenvalue weighted by Gasteiger charge is -2.38. The molecule has 0 saturated heterocycles. The molecule has 1 rings (SSSR count). The first-order valence-corrected chi connectivity index (χ1v) is 4.81. The number of H-pyrrole nitrogens is 1. The molecule has 0 fully saturated rings. The van der Waals surface area contributed by atoms with E-state index in [1.165, 1.54) is 6.20 Å². The van der Waals surface area contributed by atoms with Crippen LogP contribution in [0.4, 0.5) is 0 Å². The molecule has 0 aromatic carbocycles. The topological polar surface area (TPSA) is 78.4 Å². The van der Waals surface area contributed by atoms with Crippen molar-refractivity contribution in [3.63, 3.8) is 0 Å². The maximum Gasteiger partial charge on any atom is 0.510 e. The minimum atomic E-state index is -1.12. The van der Waals surface area contributed by atoms with Crippen LogP contribution in [0.15, 0.2) is 12.3 Å². The molecule has 0 unspecified atom stereocenters. The summed E-state index contributed by atoms with van der Waals surface area (Å²) in [6.45, 7) is 6.69. The fourth-order valence-corrected chi connectivity index (χ4v) is 0.891. The van der Waals surface area contributed by atoms with Crippen LogP contribution in [-0.4, -0.2) is 38.6 Å². The van der Waals surface area contributed by atoms with E-state index in [9.17, 15) is 10.1 Å². The van der Waals surface area contributed by atoms with Crippen LogP contribution >= 0.6 is 0 Å². The molecule has 5 nitrogen and oxygen atoms in total. The van der Waals surface area contributed by atoms with Gasteiger partial charge in [0, 0.05) is 6.20 Å². The summed E-state index contributed by atoms with van der Waals surface area (Å²) in [6.07, 6.45) is 1.53. The third kappa shape index (κ3) is 2.81. The molecule has 1 aromatic rings. The number of hydrogen-bond acceptors (Lipinski definition) is 4. The monoisotopic (exact) mass is 212 g/mol. The molecule has 0 aliphatic carbocycles. The molecule has 6 heteroatoms. The molecule has 0 amide bonds. The molecule has 1 aromatic heterocycles. The largest absolute Gasteiger partial charge is 0.510 e. The Morgan fingerprint density at radius 3 is 2.40 bits per heavy atom. The second-order valence-electron chi connectivity index (χ2n) is 4.55. The molecular weight excluding hydrogens is 195 g/mol. The third-order valence-corrected chi connectivity index (χ3v) is 2.67. The van der Waals surface area contributed by atoms with Gasteiger partial charge in [-0.05, 0) is 33.8 Å². The molecule has 0 saturated carbocycles. The van der Waals surface area contributed by atoms with Crippen LogP contribution < -0.4 is 5.59 Å². The Balaban J connectivity index is 2.70. The van der Waals surface area contributed by atoms with Crippen LogP contribution in [0, 0.1) is 0 Å². The second-order valence-corrected chi connectivity index (χ2v) is 4.55. The Hall–Kier alpha value is -0.845. The highest BCUT2D eigenvalue weighted by Gasteiger charge is 2.39. The van der Waals surface area contributed by atoms with Crippen LogP contribution in [0.2, 0.25) is 0 Å². The highest BCUT2D eigenvalue weighted by molar-refractivity contribution is 6.59. The van der Waals surface area contributed by atoms with Crippen molar-refractivity contribution in [3.8, 4) is 0 Å². The first kappa shape index (κ1) is 12.2. The molecule has 0 spiro atoms. The molecule has 0 aliphatic rings. The molecule has 0 radical (unpaired) electrons. The summed E-state index contributed by atoms with van der Waals surface area (Å²) in [7, 11) is -1.12. The Bertz CT molecular complexity index is 306. The Kier molecular flexibility index (Phi) is 3.23. The average Bonchev–Trinajstić information content (AvgIpc) is 2.51. The third-order valence-electron chi connectivity index (χ3n) is 2.67. The molecular formula is C9H17BN2O3. The van der Waals surface area contributed by atoms with E-state index in [0.29, 0.717) is 5.59 Å². The average molecular weight is 212 g/mol. The predicted molar refractivity (Wildman–Crippen MR) is 57.7 cm³/mol. The fourth-order valence-electron chi connectivity index (χ4n) is 0.891. The molecule has 15 heavy (non-hydrogen) atoms. The lowest BCUT2D eigenvalue weighted by Crippen LogP contribution is -2.53. The Morgan fingerprint density at radius 1 is 1.40 bits per heavy atom. The van der Waals surface area contributed by atoms with Gasteiger partial charge in [0.1, 0.15) is 0 Å². The summed E-state index contributed by atoms with van der Waals surface area (Å²) in [5.41, 5.74) is -1.45. The molecule has 3 N–H and O–H groups in total. The first-order valence-electron chi connectivity index (χ1n) is 4.81. The zero-order valence-corrected chi connectivity index (χ0v) is 9.48. The SMILES string of the molecule is CC(C)(O)C(C)(C)OB(O)c1ccn[nH]1. The van der Waals surface area contributed by atoms with E-state index in [-0.39, 0.29) is 0 Å². The van der Waals surface area contributed by atoms with Crippen molar-refractivity contribution in [1.29, 1.82) is 0 Å². The van der Waals surface area contributed by atoms with Crippen molar-refractivity contribution in [2.45, 2.75) is 38.9 Å². The van der Waals surface area contributed by atoms with Crippen LogP contribution in [0.5, 0.6) is 0 Å². The number of rotatable bonds is 4. The van der Waals surface area contributed by atoms with Crippen molar-refractivity contribution in [2.75, 3.05) is 0 Å². The van der Waals surface area contributed by atoms with Gasteiger partial charge in [-0.1, -0.05) is 0 Å². The van der Waals surface area contributed by atoms with Crippen molar-refractivity contribution in [1.82, 2.24) is 10.2 Å². The summed E-state index contributed by atoms with van der Waals surface area (Å²) in [5, 5.41) is 25.8. The number of aliphatic hydroxyl groups is 1. The quantitative estimate of drug-likeness (QED) is 0.597. The van der Waals surface area contributed by atoms with Gasteiger partial charge in [0.2, 0.25) is 0 Å². The number of hydrogen-bond donors (Lipinski definition) is 3. The maximum atomic E-state index is 9.83. The number of aromatic nitrogens is 2. The van der Waals surface area contributed by atoms with E-state index < -0.39 is 18.3 Å². The van der Waals surface area contributed by atoms with Gasteiger partial charge >= 0.3 is 7.12 Å². The number of nitrogens with one attached hydrogen (secondary N) is 1. The van der Waals surface area contributed by atoms with Gasteiger partial charge in [0.25, 0.3) is 0 Å². The van der Waals surface area contributed by atoms with Gasteiger partial charge in [0.05, 0.1) is 16.8 Å². The molecule has 0 aliphatic heterocycles. The summed E-state index contributed by atoms with van der Waals surface area (Å²) in [5.74, 6) is 0. The van der Waals surface area contributed by atoms with Gasteiger partial charge in [-0.25, -0.2) is 0 Å².